The number of hydrogen-bond acceptors (Lipinski definition) is 9. The first-order chi connectivity index (χ1) is 20.8. The van der Waals surface area contributed by atoms with Gasteiger partial charge in [0, 0.05) is 29.5 Å². The lowest BCUT2D eigenvalue weighted by Crippen LogP contribution is -2.38. The van der Waals surface area contributed by atoms with Crippen molar-refractivity contribution >= 4 is 54.6 Å². The van der Waals surface area contributed by atoms with Crippen LogP contribution in [0.5, 0.6) is 17.6 Å². The number of ether oxygens (including phenoxy) is 3. The fourth-order valence-corrected chi connectivity index (χ4v) is 7.84. The maximum Gasteiger partial charge on any atom is 0.320 e. The number of rotatable bonds is 5. The molecule has 3 N–H and O–H groups in total. The summed E-state index contributed by atoms with van der Waals surface area (Å²) in [4.78, 5) is 14.9. The van der Waals surface area contributed by atoms with Gasteiger partial charge in [0.2, 0.25) is 11.6 Å². The molecule has 2 fully saturated rings. The minimum Gasteiger partial charge on any atom is -0.487 e. The van der Waals surface area contributed by atoms with E-state index >= 15 is 4.39 Å². The van der Waals surface area contributed by atoms with Crippen molar-refractivity contribution in [2.45, 2.75) is 44.4 Å². The maximum absolute atomic E-state index is 16.9. The van der Waals surface area contributed by atoms with Crippen LogP contribution in [0.15, 0.2) is 12.1 Å². The Balaban J connectivity index is 1.45. The van der Waals surface area contributed by atoms with Crippen LogP contribution < -0.4 is 25.3 Å². The number of thiophene rings is 1. The predicted octanol–water partition coefficient (Wildman–Crippen LogP) is 6.19. The Morgan fingerprint density at radius 2 is 2.12 bits per heavy atom. The number of likely N-dealkylation sites (N-methyl/N-ethyl adjacent to an activating group) is 1. The molecule has 0 radical (unpaired) electrons. The number of halogens is 3. The van der Waals surface area contributed by atoms with Gasteiger partial charge in [-0.15, -0.1) is 11.3 Å². The highest BCUT2D eigenvalue weighted by atomic mass is 35.5. The summed E-state index contributed by atoms with van der Waals surface area (Å²) >= 11 is 7.89. The first kappa shape index (κ1) is 28.3. The van der Waals surface area contributed by atoms with Crippen molar-refractivity contribution in [2.75, 3.05) is 39.0 Å². The molecule has 13 heteroatoms. The van der Waals surface area contributed by atoms with Crippen LogP contribution in [-0.4, -0.2) is 66.4 Å². The fraction of sp³-hybridized carbons (Fsp3) is 0.433. The minimum atomic E-state index is -0.787. The summed E-state index contributed by atoms with van der Waals surface area (Å²) in [5, 5.41) is 3.82. The Kier molecular flexibility index (Phi) is 7.16. The second-order valence-corrected chi connectivity index (χ2v) is 12.8. The summed E-state index contributed by atoms with van der Waals surface area (Å²) < 4.78 is 50.8. The highest BCUT2D eigenvalue weighted by molar-refractivity contribution is 7.23. The largest absolute Gasteiger partial charge is 0.487 e. The molecule has 0 spiro atoms. The Morgan fingerprint density at radius 3 is 2.84 bits per heavy atom. The summed E-state index contributed by atoms with van der Waals surface area (Å²) in [6, 6.07) is 2.75. The molecule has 0 aliphatic carbocycles. The number of hydrogen-bond donors (Lipinski definition) is 2. The normalized spacial score (nSPS) is 22.7. The Hall–Kier alpha value is -3.50. The number of aromatic nitrogens is 2. The molecule has 2 saturated heterocycles. The third kappa shape index (κ3) is 4.61. The molecule has 224 valence electrons. The first-order valence-corrected chi connectivity index (χ1v) is 15.4. The minimum absolute atomic E-state index is 0.0236. The molecule has 3 aliphatic heterocycles. The number of anilines is 1. The predicted molar refractivity (Wildman–Crippen MR) is 163 cm³/mol. The number of fused-ring (bicyclic) bond motifs is 1. The van der Waals surface area contributed by atoms with Gasteiger partial charge in [-0.25, -0.2) is 13.6 Å². The standard InChI is InChI=1S/C30H29ClF2N6O3S/c1-13(17-5-4-10-39(17)3)41-30-37-24-21-26(40-12-18(42-29(21)38-30)14-8-9-36-11-14)22(31)19(23(24)33)15-6-7-16(32)27-20(15)25(35-2)28(34)43-27/h6-7,13-14,17-18,36H,4-5,8-12,34H2,1,3H3/t13-,14?,17-,18?/m0/s1. The van der Waals surface area contributed by atoms with Gasteiger partial charge in [0.25, 0.3) is 0 Å². The van der Waals surface area contributed by atoms with E-state index in [-0.39, 0.29) is 96.2 Å². The van der Waals surface area contributed by atoms with E-state index < -0.39 is 11.6 Å². The lowest BCUT2D eigenvalue weighted by atomic mass is 9.98. The SMILES string of the molecule is [C-]#[N+]c1c(N)sc2c(F)ccc(-c3c(Cl)c4c5c(nc(O[C@@H](C)[C@@H]6CCCN6C)nc5c3F)OC(C3CCNC3)CO4)c12. The molecule has 4 atom stereocenters. The number of nitrogens with two attached hydrogens (primary N) is 1. The van der Waals surface area contributed by atoms with Gasteiger partial charge >= 0.3 is 6.01 Å². The van der Waals surface area contributed by atoms with Crippen LogP contribution in [0, 0.1) is 24.1 Å². The third-order valence-corrected chi connectivity index (χ3v) is 10.2. The molecule has 7 rings (SSSR count). The van der Waals surface area contributed by atoms with E-state index in [0.717, 1.165) is 50.2 Å². The lowest BCUT2D eigenvalue weighted by Gasteiger charge is -2.26. The smallest absolute Gasteiger partial charge is 0.320 e. The molecule has 4 aromatic rings. The Labute approximate surface area is 255 Å². The molecule has 9 nitrogen and oxygen atoms in total. The van der Waals surface area contributed by atoms with E-state index in [9.17, 15) is 4.39 Å². The Bertz CT molecular complexity index is 1810. The van der Waals surface area contributed by atoms with Crippen LogP contribution in [0.3, 0.4) is 0 Å². The summed E-state index contributed by atoms with van der Waals surface area (Å²) in [6.45, 7) is 12.4. The van der Waals surface area contributed by atoms with E-state index in [1.165, 1.54) is 12.1 Å². The number of nitrogen functional groups attached to an aromatic ring is 1. The van der Waals surface area contributed by atoms with E-state index in [4.69, 9.17) is 38.1 Å². The van der Waals surface area contributed by atoms with Crippen molar-refractivity contribution in [1.82, 2.24) is 20.2 Å². The van der Waals surface area contributed by atoms with Gasteiger partial charge in [-0.2, -0.15) is 9.97 Å². The Morgan fingerprint density at radius 1 is 1.28 bits per heavy atom. The monoisotopic (exact) mass is 626 g/mol. The van der Waals surface area contributed by atoms with Crippen molar-refractivity contribution in [1.29, 1.82) is 0 Å². The summed E-state index contributed by atoms with van der Waals surface area (Å²) in [7, 11) is 2.05. The summed E-state index contributed by atoms with van der Waals surface area (Å²) in [6.07, 6.45) is 2.26. The molecule has 2 aromatic heterocycles. The van der Waals surface area contributed by atoms with E-state index in [2.05, 4.69) is 25.0 Å². The van der Waals surface area contributed by atoms with Crippen LogP contribution in [0.4, 0.5) is 19.5 Å². The van der Waals surface area contributed by atoms with Crippen molar-refractivity contribution in [2.24, 2.45) is 5.92 Å². The molecule has 5 heterocycles. The average molecular weight is 627 g/mol. The van der Waals surface area contributed by atoms with Crippen LogP contribution in [0.1, 0.15) is 26.2 Å². The molecule has 0 amide bonds. The molecule has 43 heavy (non-hydrogen) atoms. The topological polar surface area (TPSA) is 99.1 Å². The van der Waals surface area contributed by atoms with Gasteiger partial charge in [0.15, 0.2) is 11.6 Å². The maximum atomic E-state index is 16.9. The number of nitrogens with one attached hydrogen (secondary N) is 1. The molecule has 2 aromatic carbocycles. The molecular weight excluding hydrogens is 598 g/mol. The highest BCUT2D eigenvalue weighted by Gasteiger charge is 2.36. The number of benzene rings is 2. The van der Waals surface area contributed by atoms with Crippen molar-refractivity contribution in [3.8, 4) is 28.8 Å². The van der Waals surface area contributed by atoms with Crippen LogP contribution in [0.25, 0.3) is 37.0 Å². The summed E-state index contributed by atoms with van der Waals surface area (Å²) in [5.74, 6) is -0.912. The van der Waals surface area contributed by atoms with Crippen LogP contribution in [-0.2, 0) is 0 Å². The van der Waals surface area contributed by atoms with Gasteiger partial charge < -0.3 is 25.3 Å². The molecule has 0 bridgehead atoms. The molecule has 2 unspecified atom stereocenters. The van der Waals surface area contributed by atoms with Gasteiger partial charge in [0.1, 0.15) is 35.5 Å². The third-order valence-electron chi connectivity index (χ3n) is 8.79. The van der Waals surface area contributed by atoms with E-state index in [0.29, 0.717) is 0 Å². The van der Waals surface area contributed by atoms with Gasteiger partial charge in [-0.1, -0.05) is 17.7 Å². The van der Waals surface area contributed by atoms with Gasteiger partial charge in [-0.05, 0) is 58.0 Å². The zero-order valence-corrected chi connectivity index (χ0v) is 25.1. The van der Waals surface area contributed by atoms with Crippen molar-refractivity contribution in [3.05, 3.63) is 40.2 Å². The van der Waals surface area contributed by atoms with Crippen molar-refractivity contribution < 1.29 is 23.0 Å². The number of nitrogens with zero attached hydrogens (tertiary/aromatic N) is 4. The molecule has 0 saturated carbocycles. The molecular formula is C30H29ClF2N6O3S. The lowest BCUT2D eigenvalue weighted by molar-refractivity contribution is 0.0856. The summed E-state index contributed by atoms with van der Waals surface area (Å²) in [5.41, 5.74) is 6.16. The fourth-order valence-electron chi connectivity index (χ4n) is 6.57. The zero-order valence-electron chi connectivity index (χ0n) is 23.5. The highest BCUT2D eigenvalue weighted by Crippen LogP contribution is 2.52. The van der Waals surface area contributed by atoms with Gasteiger partial charge in [0.05, 0.1) is 21.3 Å². The van der Waals surface area contributed by atoms with Crippen LogP contribution in [0.2, 0.25) is 5.02 Å². The number of likely N-dealkylation sites (tertiary alicyclic amines) is 1. The van der Waals surface area contributed by atoms with Crippen molar-refractivity contribution in [3.63, 3.8) is 0 Å². The zero-order chi connectivity index (χ0) is 30.0. The molecule has 3 aliphatic rings. The van der Waals surface area contributed by atoms with E-state index in [1.807, 2.05) is 14.0 Å². The van der Waals surface area contributed by atoms with Crippen LogP contribution >= 0.6 is 22.9 Å². The average Bonchev–Trinajstić information content (AvgIpc) is 3.71. The quantitative estimate of drug-likeness (QED) is 0.253. The second kappa shape index (κ2) is 10.9. The van der Waals surface area contributed by atoms with E-state index in [1.54, 1.807) is 0 Å². The van der Waals surface area contributed by atoms with Gasteiger partial charge in [-0.3, -0.25) is 4.90 Å². The second-order valence-electron chi connectivity index (χ2n) is 11.3. The first-order valence-electron chi connectivity index (χ1n) is 14.2.